The first kappa shape index (κ1) is 19.9. The number of sulfonamides is 1. The zero-order chi connectivity index (χ0) is 18.1. The second-order valence-electron chi connectivity index (χ2n) is 6.40. The van der Waals surface area contributed by atoms with Gasteiger partial charge in [-0.25, -0.2) is 8.42 Å². The minimum absolute atomic E-state index is 0.0652. The standard InChI is InChI=1S/C18H28N2O4S/c1-24-15-5-12-19-18(21)9-8-16-10-13-20(14-11-16)25(22,23)17-6-3-2-4-7-17/h2-4,6-7,16H,5,8-15H2,1H3,(H,19,21). The van der Waals surface area contributed by atoms with Crippen LogP contribution in [0, 0.1) is 5.92 Å². The van der Waals surface area contributed by atoms with Crippen LogP contribution >= 0.6 is 0 Å². The highest BCUT2D eigenvalue weighted by molar-refractivity contribution is 7.89. The van der Waals surface area contributed by atoms with Crippen LogP contribution < -0.4 is 5.32 Å². The van der Waals surface area contributed by atoms with Gasteiger partial charge in [-0.1, -0.05) is 18.2 Å². The van der Waals surface area contributed by atoms with Crippen LogP contribution in [0.1, 0.15) is 32.1 Å². The Morgan fingerprint density at radius 2 is 1.92 bits per heavy atom. The van der Waals surface area contributed by atoms with E-state index < -0.39 is 10.0 Å². The van der Waals surface area contributed by atoms with E-state index in [2.05, 4.69) is 5.32 Å². The molecule has 0 unspecified atom stereocenters. The molecule has 0 aromatic heterocycles. The summed E-state index contributed by atoms with van der Waals surface area (Å²) < 4.78 is 31.7. The van der Waals surface area contributed by atoms with Gasteiger partial charge in [0.25, 0.3) is 0 Å². The average Bonchev–Trinajstić information content (AvgIpc) is 2.64. The molecule has 0 aliphatic carbocycles. The number of carbonyl (C=O) groups excluding carboxylic acids is 1. The van der Waals surface area contributed by atoms with E-state index in [0.717, 1.165) is 25.7 Å². The summed E-state index contributed by atoms with van der Waals surface area (Å²) in [6.45, 7) is 2.34. The van der Waals surface area contributed by atoms with Gasteiger partial charge in [0.05, 0.1) is 4.90 Å². The molecule has 7 heteroatoms. The van der Waals surface area contributed by atoms with Gasteiger partial charge >= 0.3 is 0 Å². The summed E-state index contributed by atoms with van der Waals surface area (Å²) in [5, 5.41) is 2.89. The number of rotatable bonds is 9. The number of ether oxygens (including phenoxy) is 1. The molecule has 1 amide bonds. The molecule has 1 N–H and O–H groups in total. The summed E-state index contributed by atoms with van der Waals surface area (Å²) in [5.41, 5.74) is 0. The van der Waals surface area contributed by atoms with Crippen molar-refractivity contribution < 1.29 is 17.9 Å². The quantitative estimate of drug-likeness (QED) is 0.677. The fraction of sp³-hybridized carbons (Fsp3) is 0.611. The van der Waals surface area contributed by atoms with Gasteiger partial charge in [0, 0.05) is 39.8 Å². The summed E-state index contributed by atoms with van der Waals surface area (Å²) in [6.07, 6.45) is 3.75. The van der Waals surface area contributed by atoms with E-state index in [9.17, 15) is 13.2 Å². The maximum Gasteiger partial charge on any atom is 0.243 e. The Kier molecular flexibility index (Phi) is 7.87. The number of nitrogens with zero attached hydrogens (tertiary/aromatic N) is 1. The van der Waals surface area contributed by atoms with Crippen molar-refractivity contribution in [2.75, 3.05) is 33.4 Å². The number of piperidine rings is 1. The van der Waals surface area contributed by atoms with Gasteiger partial charge in [-0.3, -0.25) is 4.79 Å². The molecule has 0 saturated carbocycles. The van der Waals surface area contributed by atoms with E-state index in [1.54, 1.807) is 35.7 Å². The predicted octanol–water partition coefficient (Wildman–Crippen LogP) is 2.02. The molecular weight excluding hydrogens is 340 g/mol. The zero-order valence-corrected chi connectivity index (χ0v) is 15.6. The number of hydrogen-bond donors (Lipinski definition) is 1. The Labute approximate surface area is 150 Å². The van der Waals surface area contributed by atoms with Crippen LogP contribution in [0.3, 0.4) is 0 Å². The van der Waals surface area contributed by atoms with Gasteiger partial charge in [-0.15, -0.1) is 0 Å². The molecule has 0 spiro atoms. The normalized spacial score (nSPS) is 16.7. The fourth-order valence-electron chi connectivity index (χ4n) is 3.05. The van der Waals surface area contributed by atoms with Crippen LogP contribution in [0.25, 0.3) is 0 Å². The van der Waals surface area contributed by atoms with E-state index in [4.69, 9.17) is 4.74 Å². The molecule has 1 aromatic rings. The summed E-state index contributed by atoms with van der Waals surface area (Å²) in [6, 6.07) is 8.56. The van der Waals surface area contributed by atoms with Crippen molar-refractivity contribution >= 4 is 15.9 Å². The summed E-state index contributed by atoms with van der Waals surface area (Å²) in [5.74, 6) is 0.474. The molecule has 2 rings (SSSR count). The highest BCUT2D eigenvalue weighted by Gasteiger charge is 2.29. The first-order valence-corrected chi connectivity index (χ1v) is 10.3. The SMILES string of the molecule is COCCCNC(=O)CCC1CCN(S(=O)(=O)c2ccccc2)CC1. The minimum Gasteiger partial charge on any atom is -0.385 e. The van der Waals surface area contributed by atoms with E-state index in [0.29, 0.717) is 43.5 Å². The lowest BCUT2D eigenvalue weighted by Crippen LogP contribution is -2.38. The maximum absolute atomic E-state index is 12.6. The number of methoxy groups -OCH3 is 1. The first-order valence-electron chi connectivity index (χ1n) is 8.85. The average molecular weight is 368 g/mol. The molecule has 140 valence electrons. The third-order valence-electron chi connectivity index (χ3n) is 4.58. The molecule has 6 nitrogen and oxygen atoms in total. The van der Waals surface area contributed by atoms with Gasteiger partial charge in [0.15, 0.2) is 0 Å². The Hall–Kier alpha value is -1.44. The van der Waals surface area contributed by atoms with Crippen molar-refractivity contribution in [1.29, 1.82) is 0 Å². The van der Waals surface area contributed by atoms with Gasteiger partial charge in [0.1, 0.15) is 0 Å². The van der Waals surface area contributed by atoms with E-state index >= 15 is 0 Å². The molecule has 1 aromatic carbocycles. The summed E-state index contributed by atoms with van der Waals surface area (Å²) >= 11 is 0. The molecule has 1 saturated heterocycles. The number of amides is 1. The topological polar surface area (TPSA) is 75.7 Å². The van der Waals surface area contributed by atoms with Crippen molar-refractivity contribution in [1.82, 2.24) is 9.62 Å². The molecule has 0 radical (unpaired) electrons. The van der Waals surface area contributed by atoms with Crippen LogP contribution in [0.4, 0.5) is 0 Å². The third kappa shape index (κ3) is 6.09. The lowest BCUT2D eigenvalue weighted by Gasteiger charge is -2.31. The van der Waals surface area contributed by atoms with Crippen molar-refractivity contribution in [3.63, 3.8) is 0 Å². The molecule has 0 bridgehead atoms. The Bertz CT molecular complexity index is 626. The van der Waals surface area contributed by atoms with Crippen molar-refractivity contribution in [3.05, 3.63) is 30.3 Å². The van der Waals surface area contributed by atoms with E-state index in [1.807, 2.05) is 6.07 Å². The minimum atomic E-state index is -3.39. The number of benzene rings is 1. The molecule has 1 aliphatic rings. The first-order chi connectivity index (χ1) is 12.0. The highest BCUT2D eigenvalue weighted by Crippen LogP contribution is 2.26. The van der Waals surface area contributed by atoms with Crippen molar-refractivity contribution in [2.45, 2.75) is 37.0 Å². The number of carbonyl (C=O) groups is 1. The van der Waals surface area contributed by atoms with Crippen LogP contribution in [-0.4, -0.2) is 52.0 Å². The predicted molar refractivity (Wildman–Crippen MR) is 96.7 cm³/mol. The van der Waals surface area contributed by atoms with Gasteiger partial charge < -0.3 is 10.1 Å². The molecule has 0 atom stereocenters. The van der Waals surface area contributed by atoms with Crippen LogP contribution in [0.5, 0.6) is 0 Å². The summed E-state index contributed by atoms with van der Waals surface area (Å²) in [4.78, 5) is 12.2. The van der Waals surface area contributed by atoms with Crippen molar-refractivity contribution in [2.24, 2.45) is 5.92 Å². The lowest BCUT2D eigenvalue weighted by molar-refractivity contribution is -0.121. The molecular formula is C18H28N2O4S. The third-order valence-corrected chi connectivity index (χ3v) is 6.49. The Morgan fingerprint density at radius 1 is 1.24 bits per heavy atom. The van der Waals surface area contributed by atoms with Crippen LogP contribution in [-0.2, 0) is 19.6 Å². The fourth-order valence-corrected chi connectivity index (χ4v) is 4.54. The largest absolute Gasteiger partial charge is 0.385 e. The number of hydrogen-bond acceptors (Lipinski definition) is 4. The summed E-state index contributed by atoms with van der Waals surface area (Å²) in [7, 11) is -1.75. The molecule has 1 heterocycles. The van der Waals surface area contributed by atoms with E-state index in [1.165, 1.54) is 0 Å². The molecule has 1 fully saturated rings. The maximum atomic E-state index is 12.6. The highest BCUT2D eigenvalue weighted by atomic mass is 32.2. The second kappa shape index (κ2) is 9.89. The molecule has 25 heavy (non-hydrogen) atoms. The van der Waals surface area contributed by atoms with E-state index in [-0.39, 0.29) is 5.91 Å². The smallest absolute Gasteiger partial charge is 0.243 e. The molecule has 1 aliphatic heterocycles. The lowest BCUT2D eigenvalue weighted by atomic mass is 9.93. The number of nitrogens with one attached hydrogen (secondary N) is 1. The van der Waals surface area contributed by atoms with Crippen LogP contribution in [0.15, 0.2) is 35.2 Å². The van der Waals surface area contributed by atoms with Crippen LogP contribution in [0.2, 0.25) is 0 Å². The monoisotopic (exact) mass is 368 g/mol. The zero-order valence-electron chi connectivity index (χ0n) is 14.8. The van der Waals surface area contributed by atoms with Gasteiger partial charge in [-0.05, 0) is 43.7 Å². The van der Waals surface area contributed by atoms with Gasteiger partial charge in [-0.2, -0.15) is 4.31 Å². The Balaban J connectivity index is 1.72. The van der Waals surface area contributed by atoms with Crippen molar-refractivity contribution in [3.8, 4) is 0 Å². The second-order valence-corrected chi connectivity index (χ2v) is 8.33. The van der Waals surface area contributed by atoms with Gasteiger partial charge in [0.2, 0.25) is 15.9 Å². The Morgan fingerprint density at radius 3 is 2.56 bits per heavy atom.